The van der Waals surface area contributed by atoms with Crippen LogP contribution in [0.5, 0.6) is 0 Å². The SMILES string of the molecule is FC(F)(F)c1cc(Br)cc(NCc2cnco2)c1. The number of halogens is 4. The van der Waals surface area contributed by atoms with Gasteiger partial charge in [-0.15, -0.1) is 0 Å². The van der Waals surface area contributed by atoms with Gasteiger partial charge in [-0.2, -0.15) is 13.2 Å². The molecule has 7 heteroatoms. The van der Waals surface area contributed by atoms with Gasteiger partial charge in [0.15, 0.2) is 6.39 Å². The molecular weight excluding hydrogens is 313 g/mol. The number of nitrogens with one attached hydrogen (secondary N) is 1. The average Bonchev–Trinajstić information content (AvgIpc) is 2.77. The first-order chi connectivity index (χ1) is 8.45. The highest BCUT2D eigenvalue weighted by atomic mass is 79.9. The van der Waals surface area contributed by atoms with E-state index in [-0.39, 0.29) is 6.54 Å². The summed E-state index contributed by atoms with van der Waals surface area (Å²) in [6, 6.07) is 3.63. The molecule has 0 spiro atoms. The van der Waals surface area contributed by atoms with Crippen LogP contribution in [0.15, 0.2) is 39.7 Å². The van der Waals surface area contributed by atoms with E-state index in [9.17, 15) is 13.2 Å². The molecule has 0 atom stereocenters. The highest BCUT2D eigenvalue weighted by Crippen LogP contribution is 2.33. The Hall–Kier alpha value is -1.50. The van der Waals surface area contributed by atoms with Crippen LogP contribution in [-0.2, 0) is 12.7 Å². The van der Waals surface area contributed by atoms with Gasteiger partial charge in [-0.25, -0.2) is 4.98 Å². The molecule has 1 N–H and O–H groups in total. The quantitative estimate of drug-likeness (QED) is 0.926. The zero-order chi connectivity index (χ0) is 13.2. The Kier molecular flexibility index (Phi) is 3.60. The maximum atomic E-state index is 12.6. The number of hydrogen-bond acceptors (Lipinski definition) is 3. The van der Waals surface area contributed by atoms with Crippen LogP contribution in [0, 0.1) is 0 Å². The summed E-state index contributed by atoms with van der Waals surface area (Å²) in [5, 5.41) is 2.84. The molecule has 0 aliphatic rings. The first-order valence-corrected chi connectivity index (χ1v) is 5.73. The zero-order valence-corrected chi connectivity index (χ0v) is 10.5. The monoisotopic (exact) mass is 320 g/mol. The van der Waals surface area contributed by atoms with Gasteiger partial charge in [-0.05, 0) is 18.2 Å². The van der Waals surface area contributed by atoms with Crippen molar-refractivity contribution in [2.45, 2.75) is 12.7 Å². The summed E-state index contributed by atoms with van der Waals surface area (Å²) in [6.45, 7) is 0.272. The number of aromatic nitrogens is 1. The van der Waals surface area contributed by atoms with Gasteiger partial charge in [-0.1, -0.05) is 15.9 Å². The first kappa shape index (κ1) is 12.9. The van der Waals surface area contributed by atoms with Crippen LogP contribution in [-0.4, -0.2) is 4.98 Å². The van der Waals surface area contributed by atoms with Gasteiger partial charge in [0.25, 0.3) is 0 Å². The molecule has 2 aromatic rings. The first-order valence-electron chi connectivity index (χ1n) is 4.94. The molecule has 18 heavy (non-hydrogen) atoms. The van der Waals surface area contributed by atoms with E-state index in [0.717, 1.165) is 12.1 Å². The fraction of sp³-hybridized carbons (Fsp3) is 0.182. The fourth-order valence-electron chi connectivity index (χ4n) is 1.37. The van der Waals surface area contributed by atoms with Gasteiger partial charge in [0.2, 0.25) is 0 Å². The minimum atomic E-state index is -4.37. The smallest absolute Gasteiger partial charge is 0.416 e. The van der Waals surface area contributed by atoms with Gasteiger partial charge < -0.3 is 9.73 Å². The third-order valence-electron chi connectivity index (χ3n) is 2.18. The molecule has 2 rings (SSSR count). The predicted molar refractivity (Wildman–Crippen MR) is 63.0 cm³/mol. The Bertz CT molecular complexity index is 526. The number of hydrogen-bond donors (Lipinski definition) is 1. The molecule has 0 saturated carbocycles. The molecule has 0 fully saturated rings. The Balaban J connectivity index is 2.15. The van der Waals surface area contributed by atoms with Gasteiger partial charge >= 0.3 is 6.18 Å². The second-order valence-electron chi connectivity index (χ2n) is 3.55. The van der Waals surface area contributed by atoms with Crippen molar-refractivity contribution in [3.63, 3.8) is 0 Å². The van der Waals surface area contributed by atoms with Crippen molar-refractivity contribution in [3.05, 3.63) is 46.6 Å². The van der Waals surface area contributed by atoms with Crippen LogP contribution in [0.2, 0.25) is 0 Å². The summed E-state index contributed by atoms with van der Waals surface area (Å²) >= 11 is 3.05. The molecular formula is C11H8BrF3N2O. The Morgan fingerprint density at radius 3 is 2.67 bits per heavy atom. The number of oxazole rings is 1. The van der Waals surface area contributed by atoms with Crippen molar-refractivity contribution >= 4 is 21.6 Å². The van der Waals surface area contributed by atoms with E-state index in [1.807, 2.05) is 0 Å². The van der Waals surface area contributed by atoms with Crippen LogP contribution in [0.3, 0.4) is 0 Å². The minimum absolute atomic E-state index is 0.272. The van der Waals surface area contributed by atoms with E-state index in [0.29, 0.717) is 15.9 Å². The second-order valence-corrected chi connectivity index (χ2v) is 4.46. The summed E-state index contributed by atoms with van der Waals surface area (Å²) < 4.78 is 43.1. The molecule has 0 aliphatic heterocycles. The number of benzene rings is 1. The highest BCUT2D eigenvalue weighted by Gasteiger charge is 2.31. The lowest BCUT2D eigenvalue weighted by Gasteiger charge is -2.11. The number of nitrogens with zero attached hydrogens (tertiary/aromatic N) is 1. The van der Waals surface area contributed by atoms with Crippen molar-refractivity contribution in [2.75, 3.05) is 5.32 Å². The van der Waals surface area contributed by atoms with Crippen molar-refractivity contribution < 1.29 is 17.6 Å². The van der Waals surface area contributed by atoms with E-state index in [4.69, 9.17) is 4.42 Å². The lowest BCUT2D eigenvalue weighted by molar-refractivity contribution is -0.137. The summed E-state index contributed by atoms with van der Waals surface area (Å²) in [7, 11) is 0. The van der Waals surface area contributed by atoms with E-state index >= 15 is 0 Å². The molecule has 1 aromatic carbocycles. The van der Waals surface area contributed by atoms with Gasteiger partial charge in [-0.3, -0.25) is 0 Å². The number of rotatable bonds is 3. The summed E-state index contributed by atoms with van der Waals surface area (Å²) in [4.78, 5) is 3.71. The molecule has 0 radical (unpaired) electrons. The molecule has 3 nitrogen and oxygen atoms in total. The lowest BCUT2D eigenvalue weighted by Crippen LogP contribution is -2.06. The van der Waals surface area contributed by atoms with Crippen LogP contribution in [0.1, 0.15) is 11.3 Å². The molecule has 0 unspecified atom stereocenters. The lowest BCUT2D eigenvalue weighted by atomic mass is 10.2. The largest absolute Gasteiger partial charge is 0.447 e. The van der Waals surface area contributed by atoms with Crippen molar-refractivity contribution in [1.82, 2.24) is 4.98 Å². The van der Waals surface area contributed by atoms with Gasteiger partial charge in [0.05, 0.1) is 18.3 Å². The standard InChI is InChI=1S/C11H8BrF3N2O/c12-8-1-7(11(13,14)15)2-9(3-8)17-5-10-4-16-6-18-10/h1-4,6,17H,5H2. The third-order valence-corrected chi connectivity index (χ3v) is 2.63. The maximum absolute atomic E-state index is 12.6. The molecule has 96 valence electrons. The van der Waals surface area contributed by atoms with E-state index < -0.39 is 11.7 Å². The molecule has 0 saturated heterocycles. The summed E-state index contributed by atoms with van der Waals surface area (Å²) in [6.07, 6.45) is -1.61. The van der Waals surface area contributed by atoms with Gasteiger partial charge in [0, 0.05) is 10.2 Å². The summed E-state index contributed by atoms with van der Waals surface area (Å²) in [5.74, 6) is 0.545. The van der Waals surface area contributed by atoms with Gasteiger partial charge in [0.1, 0.15) is 5.76 Å². The Morgan fingerprint density at radius 2 is 2.06 bits per heavy atom. The summed E-state index contributed by atoms with van der Waals surface area (Å²) in [5.41, 5.74) is -0.356. The number of alkyl halides is 3. The van der Waals surface area contributed by atoms with Crippen molar-refractivity contribution in [1.29, 1.82) is 0 Å². The fourth-order valence-corrected chi connectivity index (χ4v) is 1.87. The third kappa shape index (κ3) is 3.25. The van der Waals surface area contributed by atoms with Crippen molar-refractivity contribution in [3.8, 4) is 0 Å². The predicted octanol–water partition coefficient (Wildman–Crippen LogP) is 4.07. The molecule has 0 amide bonds. The van der Waals surface area contributed by atoms with Crippen LogP contribution in [0.4, 0.5) is 18.9 Å². The van der Waals surface area contributed by atoms with E-state index in [1.54, 1.807) is 6.07 Å². The van der Waals surface area contributed by atoms with E-state index in [2.05, 4.69) is 26.2 Å². The highest BCUT2D eigenvalue weighted by molar-refractivity contribution is 9.10. The molecule has 1 aromatic heterocycles. The van der Waals surface area contributed by atoms with E-state index in [1.165, 1.54) is 12.6 Å². The molecule has 1 heterocycles. The normalized spacial score (nSPS) is 11.6. The zero-order valence-electron chi connectivity index (χ0n) is 8.96. The molecule has 0 aliphatic carbocycles. The Morgan fingerprint density at radius 1 is 1.28 bits per heavy atom. The minimum Gasteiger partial charge on any atom is -0.447 e. The topological polar surface area (TPSA) is 38.1 Å². The van der Waals surface area contributed by atoms with Crippen molar-refractivity contribution in [2.24, 2.45) is 0 Å². The average molecular weight is 321 g/mol. The Labute approximate surface area is 109 Å². The van der Waals surface area contributed by atoms with Crippen LogP contribution >= 0.6 is 15.9 Å². The molecule has 0 bridgehead atoms. The van der Waals surface area contributed by atoms with Crippen LogP contribution < -0.4 is 5.32 Å². The van der Waals surface area contributed by atoms with Crippen LogP contribution in [0.25, 0.3) is 0 Å². The number of anilines is 1. The maximum Gasteiger partial charge on any atom is 0.416 e. The second kappa shape index (κ2) is 5.01.